The fourth-order valence-electron chi connectivity index (χ4n) is 2.08. The van der Waals surface area contributed by atoms with Crippen LogP contribution in [0.3, 0.4) is 0 Å². The minimum atomic E-state index is -0.829. The van der Waals surface area contributed by atoms with Gasteiger partial charge in [0.2, 0.25) is 0 Å². The van der Waals surface area contributed by atoms with E-state index in [1.165, 1.54) is 5.56 Å². The molecular formula is C16H25NO3. The maximum absolute atomic E-state index is 10.7. The van der Waals surface area contributed by atoms with E-state index in [0.717, 1.165) is 17.7 Å². The largest absolute Gasteiger partial charge is 0.496 e. The zero-order chi connectivity index (χ0) is 15.3. The van der Waals surface area contributed by atoms with Gasteiger partial charge in [-0.2, -0.15) is 0 Å². The third-order valence-electron chi connectivity index (χ3n) is 3.96. The standard InChI is InChI=1S/C16H25NO3/c1-5-16(2,3)11-6-8-14(20-4)12(10-11)13(17)7-9-15(18)19/h6,8,10,13H,5,7,9,17H2,1-4H3,(H,18,19). The van der Waals surface area contributed by atoms with Crippen molar-refractivity contribution in [2.45, 2.75) is 51.5 Å². The first kappa shape index (κ1) is 16.5. The van der Waals surface area contributed by atoms with Crippen LogP contribution in [0.5, 0.6) is 5.75 Å². The highest BCUT2D eigenvalue weighted by Crippen LogP contribution is 2.33. The van der Waals surface area contributed by atoms with E-state index in [2.05, 4.69) is 32.9 Å². The van der Waals surface area contributed by atoms with E-state index in [4.69, 9.17) is 15.6 Å². The van der Waals surface area contributed by atoms with Crippen molar-refractivity contribution in [1.29, 1.82) is 0 Å². The van der Waals surface area contributed by atoms with Gasteiger partial charge in [0.25, 0.3) is 0 Å². The van der Waals surface area contributed by atoms with Crippen LogP contribution in [0.1, 0.15) is 57.2 Å². The van der Waals surface area contributed by atoms with Crippen LogP contribution in [0, 0.1) is 0 Å². The van der Waals surface area contributed by atoms with Crippen LogP contribution in [0.2, 0.25) is 0 Å². The molecule has 0 aromatic heterocycles. The van der Waals surface area contributed by atoms with E-state index in [-0.39, 0.29) is 17.9 Å². The third-order valence-corrected chi connectivity index (χ3v) is 3.96. The van der Waals surface area contributed by atoms with Crippen LogP contribution in [0.25, 0.3) is 0 Å². The normalized spacial score (nSPS) is 13.1. The molecule has 4 nitrogen and oxygen atoms in total. The summed E-state index contributed by atoms with van der Waals surface area (Å²) in [6.45, 7) is 6.51. The molecule has 0 aliphatic rings. The van der Waals surface area contributed by atoms with Gasteiger partial charge in [-0.25, -0.2) is 0 Å². The number of benzene rings is 1. The molecule has 20 heavy (non-hydrogen) atoms. The molecule has 1 atom stereocenters. The fourth-order valence-corrected chi connectivity index (χ4v) is 2.08. The Labute approximate surface area is 120 Å². The van der Waals surface area contributed by atoms with Crippen molar-refractivity contribution in [2.75, 3.05) is 7.11 Å². The average molecular weight is 279 g/mol. The molecule has 0 amide bonds. The predicted molar refractivity (Wildman–Crippen MR) is 80.1 cm³/mol. The molecule has 3 N–H and O–H groups in total. The number of carbonyl (C=O) groups is 1. The summed E-state index contributed by atoms with van der Waals surface area (Å²) in [6, 6.07) is 5.70. The summed E-state index contributed by atoms with van der Waals surface area (Å²) in [5, 5.41) is 8.77. The number of hydrogen-bond acceptors (Lipinski definition) is 3. The van der Waals surface area contributed by atoms with Crippen molar-refractivity contribution >= 4 is 5.97 Å². The van der Waals surface area contributed by atoms with Crippen LogP contribution in [0.4, 0.5) is 0 Å². The summed E-state index contributed by atoms with van der Waals surface area (Å²) in [5.41, 5.74) is 8.27. The Morgan fingerprint density at radius 3 is 2.60 bits per heavy atom. The summed E-state index contributed by atoms with van der Waals surface area (Å²) in [7, 11) is 1.60. The molecule has 0 spiro atoms. The minimum absolute atomic E-state index is 0.0612. The smallest absolute Gasteiger partial charge is 0.303 e. The molecule has 1 unspecified atom stereocenters. The number of aliphatic carboxylic acids is 1. The average Bonchev–Trinajstić information content (AvgIpc) is 2.43. The summed E-state index contributed by atoms with van der Waals surface area (Å²) < 4.78 is 5.35. The van der Waals surface area contributed by atoms with Gasteiger partial charge in [0.15, 0.2) is 0 Å². The van der Waals surface area contributed by atoms with Crippen molar-refractivity contribution in [2.24, 2.45) is 5.73 Å². The molecule has 112 valence electrons. The summed E-state index contributed by atoms with van der Waals surface area (Å²) in [4.78, 5) is 10.7. The van der Waals surface area contributed by atoms with Gasteiger partial charge in [-0.1, -0.05) is 26.8 Å². The van der Waals surface area contributed by atoms with Crippen LogP contribution in [-0.4, -0.2) is 18.2 Å². The fraction of sp³-hybridized carbons (Fsp3) is 0.562. The van der Waals surface area contributed by atoms with Crippen LogP contribution >= 0.6 is 0 Å². The highest BCUT2D eigenvalue weighted by atomic mass is 16.5. The Balaban J connectivity index is 3.08. The lowest BCUT2D eigenvalue weighted by atomic mass is 9.81. The van der Waals surface area contributed by atoms with Gasteiger partial charge in [-0.05, 0) is 36.0 Å². The second kappa shape index (κ2) is 6.75. The molecule has 0 heterocycles. The lowest BCUT2D eigenvalue weighted by Crippen LogP contribution is -2.18. The van der Waals surface area contributed by atoms with Crippen molar-refractivity contribution in [3.8, 4) is 5.75 Å². The molecule has 0 aliphatic carbocycles. The van der Waals surface area contributed by atoms with Gasteiger partial charge in [0.05, 0.1) is 7.11 Å². The van der Waals surface area contributed by atoms with E-state index >= 15 is 0 Å². The Kier molecular flexibility index (Phi) is 5.57. The zero-order valence-electron chi connectivity index (χ0n) is 12.8. The number of hydrogen-bond donors (Lipinski definition) is 2. The van der Waals surface area contributed by atoms with Gasteiger partial charge in [-0.3, -0.25) is 4.79 Å². The molecule has 0 fully saturated rings. The van der Waals surface area contributed by atoms with Gasteiger partial charge in [-0.15, -0.1) is 0 Å². The van der Waals surface area contributed by atoms with Gasteiger partial charge in [0, 0.05) is 18.0 Å². The number of methoxy groups -OCH3 is 1. The lowest BCUT2D eigenvalue weighted by Gasteiger charge is -2.26. The zero-order valence-corrected chi connectivity index (χ0v) is 12.8. The minimum Gasteiger partial charge on any atom is -0.496 e. The second-order valence-corrected chi connectivity index (χ2v) is 5.73. The number of ether oxygens (including phenoxy) is 1. The Morgan fingerprint density at radius 1 is 1.45 bits per heavy atom. The molecular weight excluding hydrogens is 254 g/mol. The monoisotopic (exact) mass is 279 g/mol. The SMILES string of the molecule is CCC(C)(C)c1ccc(OC)c(C(N)CCC(=O)O)c1. The molecule has 1 rings (SSSR count). The molecule has 0 radical (unpaired) electrons. The molecule has 0 bridgehead atoms. The predicted octanol–water partition coefficient (Wildman–Crippen LogP) is 3.25. The second-order valence-electron chi connectivity index (χ2n) is 5.73. The first-order valence-corrected chi connectivity index (χ1v) is 6.97. The molecule has 0 saturated carbocycles. The number of carboxylic acids is 1. The molecule has 0 saturated heterocycles. The van der Waals surface area contributed by atoms with Crippen LogP contribution < -0.4 is 10.5 Å². The Hall–Kier alpha value is -1.55. The summed E-state index contributed by atoms with van der Waals surface area (Å²) >= 11 is 0. The summed E-state index contributed by atoms with van der Waals surface area (Å²) in [6.07, 6.45) is 1.48. The molecule has 1 aromatic rings. The highest BCUT2D eigenvalue weighted by Gasteiger charge is 2.21. The van der Waals surface area contributed by atoms with Crippen LogP contribution in [-0.2, 0) is 10.2 Å². The van der Waals surface area contributed by atoms with Crippen molar-refractivity contribution < 1.29 is 14.6 Å². The molecule has 1 aromatic carbocycles. The van der Waals surface area contributed by atoms with Crippen molar-refractivity contribution in [3.63, 3.8) is 0 Å². The molecule has 4 heteroatoms. The van der Waals surface area contributed by atoms with E-state index in [1.807, 2.05) is 6.07 Å². The van der Waals surface area contributed by atoms with E-state index < -0.39 is 5.97 Å². The first-order chi connectivity index (χ1) is 9.31. The number of carboxylic acid groups (broad SMARTS) is 1. The quantitative estimate of drug-likeness (QED) is 0.803. The Bertz CT molecular complexity index is 469. The first-order valence-electron chi connectivity index (χ1n) is 6.97. The van der Waals surface area contributed by atoms with Gasteiger partial charge >= 0.3 is 5.97 Å². The van der Waals surface area contributed by atoms with E-state index in [9.17, 15) is 4.79 Å². The van der Waals surface area contributed by atoms with E-state index in [1.54, 1.807) is 7.11 Å². The van der Waals surface area contributed by atoms with E-state index in [0.29, 0.717) is 6.42 Å². The maximum Gasteiger partial charge on any atom is 0.303 e. The number of rotatable bonds is 7. The lowest BCUT2D eigenvalue weighted by molar-refractivity contribution is -0.137. The van der Waals surface area contributed by atoms with Crippen molar-refractivity contribution in [1.82, 2.24) is 0 Å². The molecule has 0 aliphatic heterocycles. The van der Waals surface area contributed by atoms with Crippen LogP contribution in [0.15, 0.2) is 18.2 Å². The van der Waals surface area contributed by atoms with Gasteiger partial charge < -0.3 is 15.6 Å². The topological polar surface area (TPSA) is 72.5 Å². The summed E-state index contributed by atoms with van der Waals surface area (Å²) in [5.74, 6) is -0.108. The van der Waals surface area contributed by atoms with Gasteiger partial charge in [0.1, 0.15) is 5.75 Å². The van der Waals surface area contributed by atoms with Crippen molar-refractivity contribution in [3.05, 3.63) is 29.3 Å². The maximum atomic E-state index is 10.7. The number of nitrogens with two attached hydrogens (primary N) is 1. The third kappa shape index (κ3) is 3.97. The Morgan fingerprint density at radius 2 is 2.10 bits per heavy atom. The highest BCUT2D eigenvalue weighted by molar-refractivity contribution is 5.66.